The standard InChI is InChI=1S/C15H17NO2/c16-13(11-17)10-12-6-8-15(9-7-12)18-14-4-2-1-3-5-14/h1-9,13,17H,10-11,16H2/t13-/m0/s1. The van der Waals surface area contributed by atoms with Crippen molar-refractivity contribution in [2.45, 2.75) is 12.5 Å². The second-order valence-electron chi connectivity index (χ2n) is 4.21. The van der Waals surface area contributed by atoms with E-state index in [0.717, 1.165) is 17.1 Å². The van der Waals surface area contributed by atoms with Gasteiger partial charge < -0.3 is 15.6 Å². The van der Waals surface area contributed by atoms with Gasteiger partial charge in [-0.15, -0.1) is 0 Å². The van der Waals surface area contributed by atoms with Crippen molar-refractivity contribution in [2.24, 2.45) is 5.73 Å². The van der Waals surface area contributed by atoms with Crippen LogP contribution in [0.5, 0.6) is 11.5 Å². The van der Waals surface area contributed by atoms with E-state index in [9.17, 15) is 0 Å². The summed E-state index contributed by atoms with van der Waals surface area (Å²) in [6.45, 7) is 0.00225. The highest BCUT2D eigenvalue weighted by Gasteiger charge is 2.03. The summed E-state index contributed by atoms with van der Waals surface area (Å²) in [6.07, 6.45) is 0.669. The number of hydrogen-bond acceptors (Lipinski definition) is 3. The average molecular weight is 243 g/mol. The molecule has 0 aromatic heterocycles. The molecule has 0 heterocycles. The fourth-order valence-corrected chi connectivity index (χ4v) is 1.69. The minimum Gasteiger partial charge on any atom is -0.457 e. The lowest BCUT2D eigenvalue weighted by molar-refractivity contribution is 0.265. The fourth-order valence-electron chi connectivity index (χ4n) is 1.69. The number of ether oxygens (including phenoxy) is 1. The Morgan fingerprint density at radius 1 is 0.944 bits per heavy atom. The Kier molecular flexibility index (Phi) is 4.34. The number of aliphatic hydroxyl groups is 1. The molecular formula is C15H17NO2. The summed E-state index contributed by atoms with van der Waals surface area (Å²) in [5.74, 6) is 1.61. The van der Waals surface area contributed by atoms with Crippen LogP contribution in [0.15, 0.2) is 54.6 Å². The minimum absolute atomic E-state index is 0.00225. The monoisotopic (exact) mass is 243 g/mol. The van der Waals surface area contributed by atoms with Crippen molar-refractivity contribution in [1.82, 2.24) is 0 Å². The second-order valence-corrected chi connectivity index (χ2v) is 4.21. The van der Waals surface area contributed by atoms with Crippen molar-refractivity contribution in [3.63, 3.8) is 0 Å². The van der Waals surface area contributed by atoms with E-state index in [-0.39, 0.29) is 12.6 Å². The Bertz CT molecular complexity index is 468. The van der Waals surface area contributed by atoms with Gasteiger partial charge in [-0.25, -0.2) is 0 Å². The molecule has 0 radical (unpaired) electrons. The third-order valence-corrected chi connectivity index (χ3v) is 2.63. The van der Waals surface area contributed by atoms with Crippen molar-refractivity contribution in [3.05, 3.63) is 60.2 Å². The van der Waals surface area contributed by atoms with Crippen molar-refractivity contribution >= 4 is 0 Å². The van der Waals surface area contributed by atoms with E-state index in [1.54, 1.807) is 0 Å². The summed E-state index contributed by atoms with van der Waals surface area (Å²) in [5, 5.41) is 8.90. The molecule has 0 aliphatic carbocycles. The van der Waals surface area contributed by atoms with Crippen LogP contribution in [0.1, 0.15) is 5.56 Å². The average Bonchev–Trinajstić information content (AvgIpc) is 2.42. The Balaban J connectivity index is 2.00. The predicted molar refractivity (Wildman–Crippen MR) is 71.7 cm³/mol. The number of benzene rings is 2. The van der Waals surface area contributed by atoms with E-state index in [0.29, 0.717) is 6.42 Å². The van der Waals surface area contributed by atoms with Gasteiger partial charge >= 0.3 is 0 Å². The van der Waals surface area contributed by atoms with Gasteiger partial charge in [-0.2, -0.15) is 0 Å². The normalized spacial score (nSPS) is 12.1. The minimum atomic E-state index is -0.203. The molecule has 0 amide bonds. The summed E-state index contributed by atoms with van der Waals surface area (Å²) in [5.41, 5.74) is 6.78. The molecule has 0 saturated heterocycles. The molecule has 2 aromatic carbocycles. The smallest absolute Gasteiger partial charge is 0.127 e. The number of hydrogen-bond donors (Lipinski definition) is 2. The predicted octanol–water partition coefficient (Wildman–Crippen LogP) is 2.34. The Labute approximate surface area is 107 Å². The van der Waals surface area contributed by atoms with Crippen molar-refractivity contribution in [1.29, 1.82) is 0 Å². The molecule has 3 heteroatoms. The van der Waals surface area contributed by atoms with E-state index in [4.69, 9.17) is 15.6 Å². The summed E-state index contributed by atoms with van der Waals surface area (Å²) in [4.78, 5) is 0. The molecule has 3 N–H and O–H groups in total. The largest absolute Gasteiger partial charge is 0.457 e. The van der Waals surface area contributed by atoms with Crippen molar-refractivity contribution < 1.29 is 9.84 Å². The van der Waals surface area contributed by atoms with Gasteiger partial charge in [-0.05, 0) is 36.2 Å². The molecule has 0 fully saturated rings. The number of aliphatic hydroxyl groups excluding tert-OH is 1. The van der Waals surface area contributed by atoms with Gasteiger partial charge in [0, 0.05) is 6.04 Å². The van der Waals surface area contributed by atoms with Gasteiger partial charge in [0.25, 0.3) is 0 Å². The highest BCUT2D eigenvalue weighted by atomic mass is 16.5. The van der Waals surface area contributed by atoms with Crippen LogP contribution < -0.4 is 10.5 Å². The van der Waals surface area contributed by atoms with Crippen LogP contribution in [0.4, 0.5) is 0 Å². The molecule has 0 aliphatic rings. The third-order valence-electron chi connectivity index (χ3n) is 2.63. The summed E-state index contributed by atoms with van der Waals surface area (Å²) < 4.78 is 5.68. The van der Waals surface area contributed by atoms with Crippen LogP contribution in [0, 0.1) is 0 Å². The maximum absolute atomic E-state index is 8.90. The molecular weight excluding hydrogens is 226 g/mol. The summed E-state index contributed by atoms with van der Waals surface area (Å²) >= 11 is 0. The SMILES string of the molecule is N[C@H](CO)Cc1ccc(Oc2ccccc2)cc1. The molecule has 0 spiro atoms. The summed E-state index contributed by atoms with van der Waals surface area (Å²) in [7, 11) is 0. The molecule has 94 valence electrons. The first kappa shape index (κ1) is 12.6. The molecule has 0 aliphatic heterocycles. The van der Waals surface area contributed by atoms with E-state index in [1.807, 2.05) is 54.6 Å². The van der Waals surface area contributed by atoms with Gasteiger partial charge in [0.2, 0.25) is 0 Å². The molecule has 0 saturated carbocycles. The van der Waals surface area contributed by atoms with Gasteiger partial charge in [-0.1, -0.05) is 30.3 Å². The maximum Gasteiger partial charge on any atom is 0.127 e. The quantitative estimate of drug-likeness (QED) is 0.847. The molecule has 3 nitrogen and oxygen atoms in total. The van der Waals surface area contributed by atoms with Crippen LogP contribution in [0.25, 0.3) is 0 Å². The number of para-hydroxylation sites is 1. The zero-order valence-corrected chi connectivity index (χ0v) is 10.1. The fraction of sp³-hybridized carbons (Fsp3) is 0.200. The van der Waals surface area contributed by atoms with E-state index >= 15 is 0 Å². The summed E-state index contributed by atoms with van der Waals surface area (Å²) in [6, 6.07) is 17.2. The lowest BCUT2D eigenvalue weighted by atomic mass is 10.1. The van der Waals surface area contributed by atoms with Gasteiger partial charge in [0.1, 0.15) is 11.5 Å². The van der Waals surface area contributed by atoms with Crippen LogP contribution in [-0.4, -0.2) is 17.8 Å². The van der Waals surface area contributed by atoms with Crippen LogP contribution >= 0.6 is 0 Å². The van der Waals surface area contributed by atoms with Crippen LogP contribution in [0.2, 0.25) is 0 Å². The molecule has 0 unspecified atom stereocenters. The van der Waals surface area contributed by atoms with E-state index in [1.165, 1.54) is 0 Å². The van der Waals surface area contributed by atoms with E-state index < -0.39 is 0 Å². The molecule has 0 bridgehead atoms. The van der Waals surface area contributed by atoms with Gasteiger partial charge in [-0.3, -0.25) is 0 Å². The number of rotatable bonds is 5. The Morgan fingerprint density at radius 3 is 2.17 bits per heavy atom. The first-order valence-electron chi connectivity index (χ1n) is 5.96. The van der Waals surface area contributed by atoms with Gasteiger partial charge in [0.05, 0.1) is 6.61 Å². The van der Waals surface area contributed by atoms with Crippen LogP contribution in [0.3, 0.4) is 0 Å². The number of nitrogens with two attached hydrogens (primary N) is 1. The molecule has 18 heavy (non-hydrogen) atoms. The van der Waals surface area contributed by atoms with E-state index in [2.05, 4.69) is 0 Å². The Morgan fingerprint density at radius 2 is 1.56 bits per heavy atom. The van der Waals surface area contributed by atoms with Crippen molar-refractivity contribution in [3.8, 4) is 11.5 Å². The lowest BCUT2D eigenvalue weighted by Crippen LogP contribution is -2.26. The highest BCUT2D eigenvalue weighted by Crippen LogP contribution is 2.21. The zero-order valence-electron chi connectivity index (χ0n) is 10.1. The maximum atomic E-state index is 8.90. The highest BCUT2D eigenvalue weighted by molar-refractivity contribution is 5.33. The van der Waals surface area contributed by atoms with Crippen LogP contribution in [-0.2, 0) is 6.42 Å². The second kappa shape index (κ2) is 6.19. The van der Waals surface area contributed by atoms with Gasteiger partial charge in [0.15, 0.2) is 0 Å². The first-order chi connectivity index (χ1) is 8.78. The lowest BCUT2D eigenvalue weighted by Gasteiger charge is -2.09. The molecule has 2 aromatic rings. The zero-order chi connectivity index (χ0) is 12.8. The molecule has 1 atom stereocenters. The molecule has 2 rings (SSSR count). The first-order valence-corrected chi connectivity index (χ1v) is 5.96. The topological polar surface area (TPSA) is 55.5 Å². The van der Waals surface area contributed by atoms with Crippen molar-refractivity contribution in [2.75, 3.05) is 6.61 Å². The third kappa shape index (κ3) is 3.58. The Hall–Kier alpha value is -1.84.